The molecule has 1 saturated heterocycles. The van der Waals surface area contributed by atoms with Crippen molar-refractivity contribution in [3.63, 3.8) is 0 Å². The summed E-state index contributed by atoms with van der Waals surface area (Å²) >= 11 is 3.32. The minimum atomic E-state index is -0.325. The molecule has 170 valence electrons. The van der Waals surface area contributed by atoms with Crippen molar-refractivity contribution < 1.29 is 8.81 Å². The molecule has 1 aliphatic heterocycles. The smallest absolute Gasteiger partial charge is 0.202 e. The van der Waals surface area contributed by atoms with Crippen LogP contribution in [0.25, 0.3) is 11.0 Å². The van der Waals surface area contributed by atoms with Crippen LogP contribution in [0.3, 0.4) is 0 Å². The Morgan fingerprint density at radius 2 is 1.88 bits per heavy atom. The van der Waals surface area contributed by atoms with E-state index >= 15 is 0 Å². The van der Waals surface area contributed by atoms with E-state index in [-0.39, 0.29) is 17.3 Å². The zero-order valence-electron chi connectivity index (χ0n) is 19.3. The summed E-state index contributed by atoms with van der Waals surface area (Å²) in [5.41, 5.74) is 4.09. The van der Waals surface area contributed by atoms with Crippen LogP contribution in [0.5, 0.6) is 0 Å². The number of hydrogen-bond donors (Lipinski definition) is 1. The van der Waals surface area contributed by atoms with E-state index in [0.29, 0.717) is 38.0 Å². The van der Waals surface area contributed by atoms with Crippen LogP contribution in [-0.2, 0) is 0 Å². The minimum Gasteiger partial charge on any atom is -0.440 e. The molecule has 2 heterocycles. The lowest BCUT2D eigenvalue weighted by atomic mass is 9.82. The number of nitrogens with one attached hydrogen (secondary N) is 1. The number of aryl methyl sites for hydroxylation is 1. The topological polar surface area (TPSA) is 45.5 Å². The second kappa shape index (κ2) is 8.54. The van der Waals surface area contributed by atoms with Gasteiger partial charge in [0.2, 0.25) is 5.88 Å². The number of rotatable bonds is 4. The first kappa shape index (κ1) is 22.8. The number of anilines is 2. The molecule has 3 aromatic rings. The Kier molecular flexibility index (Phi) is 6.10. The average molecular weight is 501 g/mol. The molecule has 0 spiro atoms. The summed E-state index contributed by atoms with van der Waals surface area (Å²) in [7, 11) is 0. The zero-order valence-corrected chi connectivity index (χ0v) is 20.9. The van der Waals surface area contributed by atoms with Gasteiger partial charge in [-0.2, -0.15) is 0 Å². The van der Waals surface area contributed by atoms with Crippen molar-refractivity contribution in [3.05, 3.63) is 67.5 Å². The molecule has 1 atom stereocenters. The molecule has 6 heteroatoms. The fourth-order valence-electron chi connectivity index (χ4n) is 4.42. The Labute approximate surface area is 196 Å². The summed E-state index contributed by atoms with van der Waals surface area (Å²) in [4.78, 5) is 15.5. The van der Waals surface area contributed by atoms with Gasteiger partial charge in [-0.1, -0.05) is 26.0 Å². The fourth-order valence-corrected chi connectivity index (χ4v) is 4.80. The first-order valence-electron chi connectivity index (χ1n) is 11.1. The molecule has 1 aliphatic rings. The first-order valence-corrected chi connectivity index (χ1v) is 11.9. The van der Waals surface area contributed by atoms with Crippen molar-refractivity contribution in [3.8, 4) is 0 Å². The summed E-state index contributed by atoms with van der Waals surface area (Å²) < 4.78 is 20.9. The Morgan fingerprint density at radius 1 is 1.19 bits per heavy atom. The van der Waals surface area contributed by atoms with E-state index in [2.05, 4.69) is 40.0 Å². The van der Waals surface area contributed by atoms with Crippen molar-refractivity contribution in [2.75, 3.05) is 23.3 Å². The molecule has 1 aromatic heterocycles. The third kappa shape index (κ3) is 4.29. The maximum atomic E-state index is 14.0. The number of fused-ring (bicyclic) bond motifs is 1. The second-order valence-electron chi connectivity index (χ2n) is 9.71. The van der Waals surface area contributed by atoms with E-state index in [4.69, 9.17) is 4.42 Å². The lowest BCUT2D eigenvalue weighted by Gasteiger charge is -2.37. The van der Waals surface area contributed by atoms with Crippen LogP contribution in [0.1, 0.15) is 56.3 Å². The van der Waals surface area contributed by atoms with Gasteiger partial charge in [-0.05, 0) is 78.7 Å². The molecule has 1 fully saturated rings. The lowest BCUT2D eigenvalue weighted by Crippen LogP contribution is -2.38. The van der Waals surface area contributed by atoms with Crippen molar-refractivity contribution in [2.24, 2.45) is 5.41 Å². The van der Waals surface area contributed by atoms with Gasteiger partial charge in [0, 0.05) is 18.7 Å². The molecule has 4 rings (SSSR count). The highest BCUT2D eigenvalue weighted by Gasteiger charge is 2.28. The van der Waals surface area contributed by atoms with Gasteiger partial charge in [-0.25, -0.2) is 4.39 Å². The quantitative estimate of drug-likeness (QED) is 0.414. The monoisotopic (exact) mass is 500 g/mol. The SMILES string of the molecule is Cc1cc(C(C)Nc2cccc(F)c2Br)c2oc(N3CCC(C)(C)CC3)c(C)c(=O)c2c1. The zero-order chi connectivity index (χ0) is 23.2. The number of piperidine rings is 1. The Morgan fingerprint density at radius 3 is 2.56 bits per heavy atom. The molecule has 2 aromatic carbocycles. The van der Waals surface area contributed by atoms with Gasteiger partial charge >= 0.3 is 0 Å². The van der Waals surface area contributed by atoms with Crippen LogP contribution in [0.4, 0.5) is 16.0 Å². The van der Waals surface area contributed by atoms with Crippen molar-refractivity contribution in [1.29, 1.82) is 0 Å². The van der Waals surface area contributed by atoms with Gasteiger partial charge in [0.25, 0.3) is 0 Å². The van der Waals surface area contributed by atoms with Crippen molar-refractivity contribution >= 4 is 38.5 Å². The van der Waals surface area contributed by atoms with E-state index in [1.165, 1.54) is 6.07 Å². The van der Waals surface area contributed by atoms with Gasteiger partial charge in [0.15, 0.2) is 5.43 Å². The normalized spacial score (nSPS) is 16.9. The molecule has 0 bridgehead atoms. The molecule has 0 amide bonds. The van der Waals surface area contributed by atoms with Crippen LogP contribution in [0, 0.1) is 25.1 Å². The molecular weight excluding hydrogens is 471 g/mol. The maximum absolute atomic E-state index is 14.0. The minimum absolute atomic E-state index is 0.00942. The third-order valence-electron chi connectivity index (χ3n) is 6.56. The van der Waals surface area contributed by atoms with E-state index in [1.54, 1.807) is 6.07 Å². The predicted molar refractivity (Wildman–Crippen MR) is 133 cm³/mol. The van der Waals surface area contributed by atoms with Crippen molar-refractivity contribution in [2.45, 2.75) is 53.5 Å². The summed E-state index contributed by atoms with van der Waals surface area (Å²) in [6, 6.07) is 8.64. The largest absolute Gasteiger partial charge is 0.440 e. The Bertz CT molecular complexity index is 1220. The third-order valence-corrected chi connectivity index (χ3v) is 7.37. The highest BCUT2D eigenvalue weighted by molar-refractivity contribution is 9.10. The first-order chi connectivity index (χ1) is 15.1. The van der Waals surface area contributed by atoms with E-state index in [1.807, 2.05) is 39.0 Å². The summed E-state index contributed by atoms with van der Waals surface area (Å²) in [5, 5.41) is 3.96. The number of halogens is 2. The average Bonchev–Trinajstić information content (AvgIpc) is 2.74. The van der Waals surface area contributed by atoms with Gasteiger partial charge < -0.3 is 14.6 Å². The van der Waals surface area contributed by atoms with E-state index in [9.17, 15) is 9.18 Å². The van der Waals surface area contributed by atoms with E-state index in [0.717, 1.165) is 37.1 Å². The van der Waals surface area contributed by atoms with Gasteiger partial charge in [-0.15, -0.1) is 0 Å². The molecule has 32 heavy (non-hydrogen) atoms. The van der Waals surface area contributed by atoms with Gasteiger partial charge in [-0.3, -0.25) is 4.79 Å². The Balaban J connectivity index is 1.80. The molecule has 4 nitrogen and oxygen atoms in total. The molecule has 1 unspecified atom stereocenters. The number of hydrogen-bond acceptors (Lipinski definition) is 4. The number of nitrogens with zero attached hydrogens (tertiary/aromatic N) is 1. The fraction of sp³-hybridized carbons (Fsp3) is 0.423. The van der Waals surface area contributed by atoms with E-state index < -0.39 is 0 Å². The Hall–Kier alpha value is -2.34. The van der Waals surface area contributed by atoms with Gasteiger partial charge in [0.05, 0.1) is 27.2 Å². The van der Waals surface area contributed by atoms with Crippen molar-refractivity contribution in [1.82, 2.24) is 0 Å². The van der Waals surface area contributed by atoms with Gasteiger partial charge in [0.1, 0.15) is 11.4 Å². The molecule has 0 saturated carbocycles. The summed E-state index contributed by atoms with van der Waals surface area (Å²) in [6.07, 6.45) is 2.11. The maximum Gasteiger partial charge on any atom is 0.202 e. The predicted octanol–water partition coefficient (Wildman–Crippen LogP) is 7.11. The van der Waals surface area contributed by atoms with Crippen LogP contribution in [0.15, 0.2) is 44.0 Å². The highest BCUT2D eigenvalue weighted by Crippen LogP contribution is 2.36. The second-order valence-corrected chi connectivity index (χ2v) is 10.5. The standard InChI is InChI=1S/C26H30BrFN2O2/c1-15-13-18(17(3)29-21-8-6-7-20(28)22(21)27)24-19(14-15)23(31)16(2)25(32-24)30-11-9-26(4,5)10-12-30/h6-8,13-14,17,29H,9-12H2,1-5H3. The number of benzene rings is 2. The van der Waals surface area contributed by atoms with Crippen LogP contribution in [-0.4, -0.2) is 13.1 Å². The van der Waals surface area contributed by atoms with Crippen LogP contribution < -0.4 is 15.6 Å². The van der Waals surface area contributed by atoms with Crippen LogP contribution >= 0.6 is 15.9 Å². The molecular formula is C26H30BrFN2O2. The molecule has 1 N–H and O–H groups in total. The van der Waals surface area contributed by atoms with Crippen LogP contribution in [0.2, 0.25) is 0 Å². The molecule has 0 radical (unpaired) electrons. The highest BCUT2D eigenvalue weighted by atomic mass is 79.9. The molecule has 0 aliphatic carbocycles. The summed E-state index contributed by atoms with van der Waals surface area (Å²) in [6.45, 7) is 12.1. The summed E-state index contributed by atoms with van der Waals surface area (Å²) in [5.74, 6) is 0.344. The lowest BCUT2D eigenvalue weighted by molar-refractivity contribution is 0.274.